The van der Waals surface area contributed by atoms with Crippen LogP contribution in [0.15, 0.2) is 24.9 Å². The summed E-state index contributed by atoms with van der Waals surface area (Å²) in [5, 5.41) is 3.42. The fourth-order valence-electron chi connectivity index (χ4n) is 3.55. The number of fused-ring (bicyclic) bond motifs is 1. The van der Waals surface area contributed by atoms with Gasteiger partial charge >= 0.3 is 0 Å². The summed E-state index contributed by atoms with van der Waals surface area (Å²) in [5.74, 6) is 3.48. The van der Waals surface area contributed by atoms with E-state index < -0.39 is 0 Å². The second-order valence-electron chi connectivity index (χ2n) is 7.58. The molecule has 2 nitrogen and oxygen atoms in total. The first-order valence-electron chi connectivity index (χ1n) is 9.42. The highest BCUT2D eigenvalue weighted by Crippen LogP contribution is 2.28. The second-order valence-corrected chi connectivity index (χ2v) is 7.58. The minimum Gasteiger partial charge on any atom is -0.370 e. The fraction of sp³-hybridized carbons (Fsp3) is 0.667. The maximum atomic E-state index is 4.63. The third-order valence-electron chi connectivity index (χ3n) is 5.50. The van der Waals surface area contributed by atoms with Crippen molar-refractivity contribution in [3.05, 3.63) is 36.0 Å². The van der Waals surface area contributed by atoms with Gasteiger partial charge in [-0.1, -0.05) is 46.1 Å². The Morgan fingerprint density at radius 2 is 1.96 bits per heavy atom. The lowest BCUT2D eigenvalue weighted by molar-refractivity contribution is 0.313. The van der Waals surface area contributed by atoms with Gasteiger partial charge < -0.3 is 5.32 Å². The minimum atomic E-state index is 0.755. The van der Waals surface area contributed by atoms with Gasteiger partial charge in [0.1, 0.15) is 5.82 Å². The number of nitrogens with one attached hydrogen (secondary N) is 1. The fourth-order valence-corrected chi connectivity index (χ4v) is 3.55. The molecule has 1 aromatic heterocycles. The molecule has 0 spiro atoms. The predicted octanol–water partition coefficient (Wildman–Crippen LogP) is 5.64. The van der Waals surface area contributed by atoms with Gasteiger partial charge in [0.15, 0.2) is 0 Å². The van der Waals surface area contributed by atoms with Crippen LogP contribution in [0, 0.1) is 17.8 Å². The summed E-state index contributed by atoms with van der Waals surface area (Å²) in [6, 6.07) is 2.29. The molecule has 3 atom stereocenters. The molecule has 0 saturated heterocycles. The van der Waals surface area contributed by atoms with Crippen LogP contribution in [0.4, 0.5) is 5.82 Å². The third-order valence-corrected chi connectivity index (χ3v) is 5.50. The molecule has 1 aromatic rings. The minimum absolute atomic E-state index is 0.755. The first kappa shape index (κ1) is 18.0. The molecule has 0 bridgehead atoms. The molecule has 2 heteroatoms. The van der Waals surface area contributed by atoms with E-state index in [0.717, 1.165) is 36.5 Å². The van der Waals surface area contributed by atoms with Crippen molar-refractivity contribution in [2.75, 3.05) is 11.9 Å². The summed E-state index contributed by atoms with van der Waals surface area (Å²) in [7, 11) is 0. The van der Waals surface area contributed by atoms with Crippen LogP contribution in [-0.4, -0.2) is 11.5 Å². The smallest absolute Gasteiger partial charge is 0.126 e. The van der Waals surface area contributed by atoms with E-state index in [1.165, 1.54) is 49.7 Å². The quantitative estimate of drug-likeness (QED) is 0.575. The summed E-state index contributed by atoms with van der Waals surface area (Å²) in [4.78, 5) is 4.63. The first-order valence-corrected chi connectivity index (χ1v) is 9.42. The molecule has 0 radical (unpaired) electrons. The molecule has 128 valence electrons. The summed E-state index contributed by atoms with van der Waals surface area (Å²) >= 11 is 0. The molecule has 0 aliphatic heterocycles. The van der Waals surface area contributed by atoms with Crippen LogP contribution in [0.5, 0.6) is 0 Å². The molecule has 1 N–H and O–H groups in total. The average Bonchev–Trinajstić information content (AvgIpc) is 2.55. The topological polar surface area (TPSA) is 24.9 Å². The molecule has 0 saturated carbocycles. The Hall–Kier alpha value is -1.31. The standard InChI is InChI=1S/C21H34N2/c1-5-6-12-22-21-14-20-13-16(2)10-11-18(4)17(3)8-7-9-19(20)15-23-21/h5,14-18H,1,6-13H2,2-4H3,(H,22,23). The van der Waals surface area contributed by atoms with Crippen LogP contribution in [-0.2, 0) is 12.8 Å². The van der Waals surface area contributed by atoms with Crippen molar-refractivity contribution in [3.8, 4) is 0 Å². The number of aromatic nitrogens is 1. The van der Waals surface area contributed by atoms with Gasteiger partial charge in [0.2, 0.25) is 0 Å². The van der Waals surface area contributed by atoms with Crippen molar-refractivity contribution in [1.29, 1.82) is 0 Å². The van der Waals surface area contributed by atoms with E-state index >= 15 is 0 Å². The van der Waals surface area contributed by atoms with Crippen molar-refractivity contribution in [1.82, 2.24) is 4.98 Å². The highest BCUT2D eigenvalue weighted by molar-refractivity contribution is 5.41. The number of rotatable bonds is 4. The summed E-state index contributed by atoms with van der Waals surface area (Å²) in [5.41, 5.74) is 2.98. The summed E-state index contributed by atoms with van der Waals surface area (Å²) in [6.45, 7) is 12.0. The molecule has 0 aromatic carbocycles. The Balaban J connectivity index is 2.12. The third kappa shape index (κ3) is 5.67. The largest absolute Gasteiger partial charge is 0.370 e. The average molecular weight is 315 g/mol. The lowest BCUT2D eigenvalue weighted by Gasteiger charge is -2.20. The Labute approximate surface area is 142 Å². The van der Waals surface area contributed by atoms with E-state index in [4.69, 9.17) is 0 Å². The van der Waals surface area contributed by atoms with Gasteiger partial charge in [-0.2, -0.15) is 0 Å². The van der Waals surface area contributed by atoms with Crippen molar-refractivity contribution in [3.63, 3.8) is 0 Å². The summed E-state index contributed by atoms with van der Waals surface area (Å²) in [6.07, 6.45) is 12.7. The highest BCUT2D eigenvalue weighted by atomic mass is 15.0. The lowest BCUT2D eigenvalue weighted by Crippen LogP contribution is -2.10. The number of aryl methyl sites for hydroxylation is 1. The summed E-state index contributed by atoms with van der Waals surface area (Å²) < 4.78 is 0. The lowest BCUT2D eigenvalue weighted by atomic mass is 9.85. The van der Waals surface area contributed by atoms with E-state index in [1.807, 2.05) is 6.08 Å². The van der Waals surface area contributed by atoms with E-state index in [-0.39, 0.29) is 0 Å². The maximum Gasteiger partial charge on any atom is 0.126 e. The number of pyridine rings is 1. The zero-order valence-electron chi connectivity index (χ0n) is 15.3. The monoisotopic (exact) mass is 314 g/mol. The maximum absolute atomic E-state index is 4.63. The van der Waals surface area contributed by atoms with Crippen molar-refractivity contribution < 1.29 is 0 Å². The molecule has 1 heterocycles. The Morgan fingerprint density at radius 1 is 1.17 bits per heavy atom. The molecule has 2 rings (SSSR count). The van der Waals surface area contributed by atoms with Crippen LogP contribution < -0.4 is 5.32 Å². The van der Waals surface area contributed by atoms with Crippen LogP contribution in [0.25, 0.3) is 0 Å². The van der Waals surface area contributed by atoms with Gasteiger partial charge in [0.25, 0.3) is 0 Å². The van der Waals surface area contributed by atoms with Gasteiger partial charge in [-0.15, -0.1) is 6.58 Å². The van der Waals surface area contributed by atoms with E-state index in [0.29, 0.717) is 0 Å². The van der Waals surface area contributed by atoms with Gasteiger partial charge in [-0.25, -0.2) is 4.98 Å². The SMILES string of the molecule is C=CCCNc1cc2c(cn1)CCCC(C)C(C)CCC(C)C2. The number of anilines is 1. The molecule has 1 aliphatic rings. The van der Waals surface area contributed by atoms with Gasteiger partial charge in [0.05, 0.1) is 0 Å². The Morgan fingerprint density at radius 3 is 2.74 bits per heavy atom. The molecular weight excluding hydrogens is 280 g/mol. The van der Waals surface area contributed by atoms with Crippen LogP contribution in [0.3, 0.4) is 0 Å². The zero-order valence-corrected chi connectivity index (χ0v) is 15.3. The predicted molar refractivity (Wildman–Crippen MR) is 101 cm³/mol. The molecule has 23 heavy (non-hydrogen) atoms. The Bertz CT molecular complexity index is 495. The molecule has 1 aliphatic carbocycles. The molecular formula is C21H34N2. The first-order chi connectivity index (χ1) is 11.1. The van der Waals surface area contributed by atoms with Gasteiger partial charge in [-0.3, -0.25) is 0 Å². The van der Waals surface area contributed by atoms with Crippen LogP contribution >= 0.6 is 0 Å². The number of hydrogen-bond donors (Lipinski definition) is 1. The molecule has 0 fully saturated rings. The van der Waals surface area contributed by atoms with Crippen LogP contribution in [0.1, 0.15) is 64.0 Å². The number of hydrogen-bond acceptors (Lipinski definition) is 2. The number of nitrogens with zero attached hydrogens (tertiary/aromatic N) is 1. The normalized spacial score (nSPS) is 26.0. The second kappa shape index (κ2) is 9.10. The highest BCUT2D eigenvalue weighted by Gasteiger charge is 2.17. The Kier molecular flexibility index (Phi) is 7.14. The molecule has 0 amide bonds. The van der Waals surface area contributed by atoms with Crippen molar-refractivity contribution in [2.45, 2.75) is 65.7 Å². The van der Waals surface area contributed by atoms with E-state index in [1.54, 1.807) is 0 Å². The van der Waals surface area contributed by atoms with Crippen LogP contribution in [0.2, 0.25) is 0 Å². The van der Waals surface area contributed by atoms with E-state index in [2.05, 4.69) is 49.9 Å². The van der Waals surface area contributed by atoms with Gasteiger partial charge in [0, 0.05) is 12.7 Å². The zero-order chi connectivity index (χ0) is 16.7. The van der Waals surface area contributed by atoms with Crippen molar-refractivity contribution >= 4 is 5.82 Å². The van der Waals surface area contributed by atoms with E-state index in [9.17, 15) is 0 Å². The van der Waals surface area contributed by atoms with Gasteiger partial charge in [-0.05, 0) is 60.6 Å². The van der Waals surface area contributed by atoms with Crippen molar-refractivity contribution in [2.24, 2.45) is 17.8 Å². The molecule has 3 unspecified atom stereocenters.